The molecule has 0 atom stereocenters. The molecule has 0 saturated carbocycles. The highest BCUT2D eigenvalue weighted by Crippen LogP contribution is 2.29. The van der Waals surface area contributed by atoms with E-state index in [4.69, 9.17) is 0 Å². The van der Waals surface area contributed by atoms with Gasteiger partial charge in [0.05, 0.1) is 12.7 Å². The van der Waals surface area contributed by atoms with E-state index in [1.807, 2.05) is 9.71 Å². The molecule has 0 aliphatic carbocycles. The maximum absolute atomic E-state index is 12.4. The number of halogens is 3. The summed E-state index contributed by atoms with van der Waals surface area (Å²) in [6.07, 6.45) is -2.72. The van der Waals surface area contributed by atoms with Crippen LogP contribution in [0.2, 0.25) is 0 Å². The molecule has 0 aromatic carbocycles. The van der Waals surface area contributed by atoms with E-state index in [1.165, 1.54) is 11.0 Å². The lowest BCUT2D eigenvalue weighted by molar-refractivity contribution is -0.140. The Labute approximate surface area is 111 Å². The van der Waals surface area contributed by atoms with Crippen LogP contribution in [0.5, 0.6) is 0 Å². The van der Waals surface area contributed by atoms with Gasteiger partial charge in [-0.15, -0.1) is 5.10 Å². The summed E-state index contributed by atoms with van der Waals surface area (Å²) in [5.41, 5.74) is -1.14. The highest BCUT2D eigenvalue weighted by Gasteiger charge is 2.33. The van der Waals surface area contributed by atoms with Crippen LogP contribution in [0.15, 0.2) is 23.4 Å². The SMILES string of the molecule is CCn1ncc(NS(=O)(=O)c2c[nH]c(C(F)(F)F)c2)n1. The molecule has 0 aliphatic rings. The first-order valence-electron chi connectivity index (χ1n) is 5.41. The van der Waals surface area contributed by atoms with Crippen LogP contribution in [0.25, 0.3) is 0 Å². The average Bonchev–Trinajstić information content (AvgIpc) is 2.95. The first-order chi connectivity index (χ1) is 9.22. The third-order valence-corrected chi connectivity index (χ3v) is 3.66. The third kappa shape index (κ3) is 2.92. The Hall–Kier alpha value is -2.04. The van der Waals surface area contributed by atoms with E-state index in [-0.39, 0.29) is 5.82 Å². The summed E-state index contributed by atoms with van der Waals surface area (Å²) in [7, 11) is -4.14. The zero-order valence-corrected chi connectivity index (χ0v) is 11.0. The lowest BCUT2D eigenvalue weighted by Gasteiger charge is -2.02. The van der Waals surface area contributed by atoms with Crippen molar-refractivity contribution in [3.8, 4) is 0 Å². The van der Waals surface area contributed by atoms with Crippen molar-refractivity contribution in [2.45, 2.75) is 24.5 Å². The highest BCUT2D eigenvalue weighted by atomic mass is 32.2. The van der Waals surface area contributed by atoms with Crippen LogP contribution in [-0.2, 0) is 22.7 Å². The van der Waals surface area contributed by atoms with Crippen LogP contribution in [0.1, 0.15) is 12.6 Å². The molecule has 11 heteroatoms. The number of sulfonamides is 1. The van der Waals surface area contributed by atoms with Gasteiger partial charge in [-0.25, -0.2) is 8.42 Å². The molecular weight excluding hydrogens is 299 g/mol. The summed E-state index contributed by atoms with van der Waals surface area (Å²) in [5, 5.41) is 7.53. The van der Waals surface area contributed by atoms with Crippen molar-refractivity contribution < 1.29 is 21.6 Å². The van der Waals surface area contributed by atoms with Gasteiger partial charge in [0.25, 0.3) is 10.0 Å². The maximum atomic E-state index is 12.4. The topological polar surface area (TPSA) is 92.7 Å². The third-order valence-electron chi connectivity index (χ3n) is 2.33. The summed E-state index contributed by atoms with van der Waals surface area (Å²) in [4.78, 5) is 2.57. The van der Waals surface area contributed by atoms with Gasteiger partial charge in [-0.2, -0.15) is 23.1 Å². The zero-order chi connectivity index (χ0) is 15.0. The second kappa shape index (κ2) is 4.81. The standard InChI is InChI=1S/C9H10F3N5O2S/c1-2-17-14-5-8(15-17)16-20(18,19)6-3-7(13-4-6)9(10,11)12/h3-5,13H,2H2,1H3,(H,15,16). The summed E-state index contributed by atoms with van der Waals surface area (Å²) >= 11 is 0. The number of aryl methyl sites for hydroxylation is 1. The molecular formula is C9H10F3N5O2S. The minimum absolute atomic E-state index is 0.0680. The minimum Gasteiger partial charge on any atom is -0.356 e. The van der Waals surface area contributed by atoms with Crippen molar-refractivity contribution in [2.75, 3.05) is 4.72 Å². The number of alkyl halides is 3. The molecule has 0 amide bonds. The molecule has 20 heavy (non-hydrogen) atoms. The summed E-state index contributed by atoms with van der Waals surface area (Å²) < 4.78 is 63.0. The fraction of sp³-hybridized carbons (Fsp3) is 0.333. The molecule has 0 radical (unpaired) electrons. The summed E-state index contributed by atoms with van der Waals surface area (Å²) in [6, 6.07) is 0.507. The number of aromatic amines is 1. The van der Waals surface area contributed by atoms with Gasteiger partial charge in [-0.05, 0) is 13.0 Å². The van der Waals surface area contributed by atoms with Crippen LogP contribution >= 0.6 is 0 Å². The highest BCUT2D eigenvalue weighted by molar-refractivity contribution is 7.92. The zero-order valence-electron chi connectivity index (χ0n) is 10.1. The van der Waals surface area contributed by atoms with Gasteiger partial charge in [-0.3, -0.25) is 4.72 Å². The monoisotopic (exact) mass is 309 g/mol. The van der Waals surface area contributed by atoms with E-state index in [0.29, 0.717) is 12.6 Å². The van der Waals surface area contributed by atoms with Crippen molar-refractivity contribution in [3.63, 3.8) is 0 Å². The van der Waals surface area contributed by atoms with Gasteiger partial charge in [0, 0.05) is 6.20 Å². The van der Waals surface area contributed by atoms with Crippen molar-refractivity contribution in [2.24, 2.45) is 0 Å². The number of hydrogen-bond donors (Lipinski definition) is 2. The molecule has 110 valence electrons. The molecule has 0 aliphatic heterocycles. The molecule has 2 aromatic heterocycles. The molecule has 0 spiro atoms. The largest absolute Gasteiger partial charge is 0.431 e. The number of hydrogen-bond acceptors (Lipinski definition) is 4. The van der Waals surface area contributed by atoms with Gasteiger partial charge < -0.3 is 4.98 Å². The second-order valence-corrected chi connectivity index (χ2v) is 5.45. The molecule has 0 saturated heterocycles. The van der Waals surface area contributed by atoms with Crippen LogP contribution in [-0.4, -0.2) is 28.4 Å². The second-order valence-electron chi connectivity index (χ2n) is 3.77. The van der Waals surface area contributed by atoms with Gasteiger partial charge >= 0.3 is 6.18 Å². The number of H-pyrrole nitrogens is 1. The summed E-state index contributed by atoms with van der Waals surface area (Å²) in [5.74, 6) is -0.0680. The summed E-state index contributed by atoms with van der Waals surface area (Å²) in [6.45, 7) is 2.18. The average molecular weight is 309 g/mol. The van der Waals surface area contributed by atoms with E-state index < -0.39 is 26.8 Å². The Bertz CT molecular complexity index is 703. The number of aromatic nitrogens is 4. The first-order valence-corrected chi connectivity index (χ1v) is 6.89. The maximum Gasteiger partial charge on any atom is 0.431 e. The number of anilines is 1. The molecule has 2 heterocycles. The number of nitrogens with zero attached hydrogens (tertiary/aromatic N) is 3. The first kappa shape index (κ1) is 14.4. The smallest absolute Gasteiger partial charge is 0.356 e. The number of nitrogens with one attached hydrogen (secondary N) is 2. The quantitative estimate of drug-likeness (QED) is 0.894. The van der Waals surface area contributed by atoms with Crippen LogP contribution in [0.4, 0.5) is 19.0 Å². The van der Waals surface area contributed by atoms with Crippen LogP contribution in [0, 0.1) is 0 Å². The van der Waals surface area contributed by atoms with Gasteiger partial charge in [0.1, 0.15) is 10.6 Å². The minimum atomic E-state index is -4.64. The molecule has 0 unspecified atom stereocenters. The molecule has 7 nitrogen and oxygen atoms in total. The molecule has 2 rings (SSSR count). The Balaban J connectivity index is 2.24. The fourth-order valence-corrected chi connectivity index (χ4v) is 2.36. The van der Waals surface area contributed by atoms with E-state index in [1.54, 1.807) is 6.92 Å². The van der Waals surface area contributed by atoms with E-state index >= 15 is 0 Å². The molecule has 2 N–H and O–H groups in total. The van der Waals surface area contributed by atoms with Gasteiger partial charge in [0.15, 0.2) is 5.82 Å². The Morgan fingerprint density at radius 3 is 2.65 bits per heavy atom. The Kier molecular flexibility index (Phi) is 3.46. The molecule has 2 aromatic rings. The molecule has 0 bridgehead atoms. The van der Waals surface area contributed by atoms with E-state index in [2.05, 4.69) is 10.2 Å². The Morgan fingerprint density at radius 1 is 1.45 bits per heavy atom. The van der Waals surface area contributed by atoms with Crippen molar-refractivity contribution in [3.05, 3.63) is 24.2 Å². The van der Waals surface area contributed by atoms with E-state index in [9.17, 15) is 21.6 Å². The van der Waals surface area contributed by atoms with Gasteiger partial charge in [-0.1, -0.05) is 0 Å². The predicted molar refractivity (Wildman–Crippen MR) is 62.3 cm³/mol. The van der Waals surface area contributed by atoms with Crippen molar-refractivity contribution in [1.82, 2.24) is 20.0 Å². The normalized spacial score (nSPS) is 12.6. The lowest BCUT2D eigenvalue weighted by Crippen LogP contribution is -2.13. The fourth-order valence-electron chi connectivity index (χ4n) is 1.39. The Morgan fingerprint density at radius 2 is 2.15 bits per heavy atom. The van der Waals surface area contributed by atoms with E-state index in [0.717, 1.165) is 6.20 Å². The van der Waals surface area contributed by atoms with Gasteiger partial charge in [0.2, 0.25) is 0 Å². The van der Waals surface area contributed by atoms with Crippen molar-refractivity contribution in [1.29, 1.82) is 0 Å². The van der Waals surface area contributed by atoms with Crippen LogP contribution < -0.4 is 4.72 Å². The number of rotatable bonds is 4. The molecule has 0 fully saturated rings. The predicted octanol–water partition coefficient (Wildman–Crippen LogP) is 1.45. The lowest BCUT2D eigenvalue weighted by atomic mass is 10.4. The van der Waals surface area contributed by atoms with Crippen LogP contribution in [0.3, 0.4) is 0 Å². The van der Waals surface area contributed by atoms with Crippen molar-refractivity contribution >= 4 is 15.8 Å².